The summed E-state index contributed by atoms with van der Waals surface area (Å²) in [6.07, 6.45) is 4.84. The molecule has 0 saturated heterocycles. The number of methoxy groups -OCH3 is 1. The van der Waals surface area contributed by atoms with Crippen molar-refractivity contribution >= 4 is 18.0 Å². The van der Waals surface area contributed by atoms with Crippen LogP contribution in [-0.4, -0.2) is 36.5 Å². The summed E-state index contributed by atoms with van der Waals surface area (Å²) in [5, 5.41) is 0. The number of ether oxygens (including phenoxy) is 2. The van der Waals surface area contributed by atoms with Crippen molar-refractivity contribution < 1.29 is 23.5 Å². The lowest BCUT2D eigenvalue weighted by atomic mass is 10.1. The lowest BCUT2D eigenvalue weighted by Gasteiger charge is -2.23. The third-order valence-electron chi connectivity index (χ3n) is 3.98. The molecule has 1 aromatic heterocycles. The van der Waals surface area contributed by atoms with Gasteiger partial charge in [-0.3, -0.25) is 9.59 Å². The van der Waals surface area contributed by atoms with Gasteiger partial charge in [0.15, 0.2) is 0 Å². The lowest BCUT2D eigenvalue weighted by Crippen LogP contribution is -2.35. The molecule has 2 rings (SSSR count). The Balaban J connectivity index is 2.12. The van der Waals surface area contributed by atoms with Gasteiger partial charge in [-0.25, -0.2) is 0 Å². The molecule has 1 amide bonds. The predicted molar refractivity (Wildman–Crippen MR) is 107 cm³/mol. The van der Waals surface area contributed by atoms with E-state index in [0.717, 1.165) is 11.3 Å². The number of hydrogen-bond donors (Lipinski definition) is 0. The monoisotopic (exact) mass is 385 g/mol. The molecular weight excluding hydrogens is 358 g/mol. The van der Waals surface area contributed by atoms with Crippen LogP contribution in [0.3, 0.4) is 0 Å². The van der Waals surface area contributed by atoms with E-state index in [9.17, 15) is 9.59 Å². The molecule has 2 aromatic rings. The molecule has 1 aromatic carbocycles. The van der Waals surface area contributed by atoms with E-state index in [-0.39, 0.29) is 31.1 Å². The molecule has 0 fully saturated rings. The molecular formula is C22H27NO5. The molecule has 1 unspecified atom stereocenters. The van der Waals surface area contributed by atoms with Gasteiger partial charge < -0.3 is 18.8 Å². The second kappa shape index (κ2) is 10.3. The summed E-state index contributed by atoms with van der Waals surface area (Å²) in [5.41, 5.74) is 0.852. The molecule has 0 aliphatic heterocycles. The van der Waals surface area contributed by atoms with Gasteiger partial charge in [0.2, 0.25) is 5.91 Å². The number of carbonyl (C=O) groups is 2. The quantitative estimate of drug-likeness (QED) is 0.483. The Kier molecular flexibility index (Phi) is 7.87. The van der Waals surface area contributed by atoms with Crippen LogP contribution < -0.4 is 4.74 Å². The molecule has 6 heteroatoms. The highest BCUT2D eigenvalue weighted by atomic mass is 16.5. The molecule has 0 spiro atoms. The molecule has 0 N–H and O–H groups in total. The molecule has 1 atom stereocenters. The molecule has 0 bridgehead atoms. The minimum absolute atomic E-state index is 0.0736. The number of nitrogens with zero attached hydrogens (tertiary/aromatic N) is 1. The number of esters is 1. The average Bonchev–Trinajstić information content (AvgIpc) is 3.17. The van der Waals surface area contributed by atoms with Crippen LogP contribution in [0.2, 0.25) is 0 Å². The maximum absolute atomic E-state index is 12.8. The molecule has 28 heavy (non-hydrogen) atoms. The van der Waals surface area contributed by atoms with Crippen molar-refractivity contribution in [3.8, 4) is 5.75 Å². The summed E-state index contributed by atoms with van der Waals surface area (Å²) < 4.78 is 15.8. The van der Waals surface area contributed by atoms with Crippen molar-refractivity contribution in [1.82, 2.24) is 4.90 Å². The van der Waals surface area contributed by atoms with Gasteiger partial charge in [0.05, 0.1) is 31.9 Å². The second-order valence-electron chi connectivity index (χ2n) is 6.79. The zero-order chi connectivity index (χ0) is 20.5. The maximum Gasteiger partial charge on any atom is 0.310 e. The van der Waals surface area contributed by atoms with Gasteiger partial charge in [-0.15, -0.1) is 0 Å². The van der Waals surface area contributed by atoms with Crippen LogP contribution in [0.25, 0.3) is 6.08 Å². The number of carbonyl (C=O) groups excluding carboxylic acids is 2. The minimum Gasteiger partial charge on any atom is -0.491 e. The zero-order valence-corrected chi connectivity index (χ0v) is 16.8. The van der Waals surface area contributed by atoms with Crippen molar-refractivity contribution in [2.75, 3.05) is 13.7 Å². The Morgan fingerprint density at radius 1 is 1.18 bits per heavy atom. The number of hydrogen-bond acceptors (Lipinski definition) is 5. The van der Waals surface area contributed by atoms with Crippen molar-refractivity contribution in [1.29, 1.82) is 0 Å². The first-order valence-corrected chi connectivity index (χ1v) is 9.23. The second-order valence-corrected chi connectivity index (χ2v) is 6.79. The predicted octanol–water partition coefficient (Wildman–Crippen LogP) is 3.92. The molecule has 0 aliphatic rings. The topological polar surface area (TPSA) is 69.0 Å². The molecule has 0 radical (unpaired) electrons. The van der Waals surface area contributed by atoms with E-state index in [1.165, 1.54) is 13.2 Å². The maximum atomic E-state index is 12.8. The summed E-state index contributed by atoms with van der Waals surface area (Å²) in [5.74, 6) is 0.365. The Morgan fingerprint density at radius 3 is 2.61 bits per heavy atom. The summed E-state index contributed by atoms with van der Waals surface area (Å²) in [7, 11) is 1.34. The van der Waals surface area contributed by atoms with Crippen molar-refractivity contribution in [3.05, 3.63) is 60.1 Å². The summed E-state index contributed by atoms with van der Waals surface area (Å²) in [6.45, 7) is 6.15. The summed E-state index contributed by atoms with van der Waals surface area (Å²) in [4.78, 5) is 26.1. The molecule has 0 aliphatic carbocycles. The van der Waals surface area contributed by atoms with Gasteiger partial charge in [0, 0.05) is 12.6 Å². The van der Waals surface area contributed by atoms with Gasteiger partial charge in [-0.05, 0) is 49.8 Å². The van der Waals surface area contributed by atoms with E-state index in [4.69, 9.17) is 13.9 Å². The van der Waals surface area contributed by atoms with Crippen LogP contribution in [0.1, 0.15) is 32.1 Å². The summed E-state index contributed by atoms with van der Waals surface area (Å²) in [6, 6.07) is 11.1. The fraction of sp³-hybridized carbons (Fsp3) is 0.364. The van der Waals surface area contributed by atoms with E-state index >= 15 is 0 Å². The molecule has 1 heterocycles. The van der Waals surface area contributed by atoms with E-state index in [1.807, 2.05) is 38.1 Å². The highest BCUT2D eigenvalue weighted by Gasteiger charge is 2.21. The first-order chi connectivity index (χ1) is 13.4. The molecule has 150 valence electrons. The first kappa shape index (κ1) is 21.3. The highest BCUT2D eigenvalue weighted by Crippen LogP contribution is 2.17. The fourth-order valence-corrected chi connectivity index (χ4v) is 2.67. The van der Waals surface area contributed by atoms with Crippen LogP contribution in [0.15, 0.2) is 53.2 Å². The average molecular weight is 385 g/mol. The highest BCUT2D eigenvalue weighted by molar-refractivity contribution is 5.92. The number of benzene rings is 1. The number of furan rings is 1. The Hall–Kier alpha value is -3.02. The normalized spacial score (nSPS) is 12.2. The van der Waals surface area contributed by atoms with Gasteiger partial charge in [0.1, 0.15) is 11.5 Å². The van der Waals surface area contributed by atoms with E-state index in [1.54, 1.807) is 36.3 Å². The third kappa shape index (κ3) is 6.61. The molecule has 0 saturated carbocycles. The van der Waals surface area contributed by atoms with Gasteiger partial charge in [-0.2, -0.15) is 0 Å². The zero-order valence-electron chi connectivity index (χ0n) is 16.8. The Labute approximate surface area is 165 Å². The number of rotatable bonds is 9. The van der Waals surface area contributed by atoms with Crippen LogP contribution in [0, 0.1) is 5.92 Å². The minimum atomic E-state index is -0.444. The van der Waals surface area contributed by atoms with Crippen molar-refractivity contribution in [2.24, 2.45) is 5.92 Å². The third-order valence-corrected chi connectivity index (χ3v) is 3.98. The standard InChI is InChI=1S/C22H27NO5/c1-16(2)28-19-8-5-7-18(13-19)10-11-21(24)23(14-17(3)22(25)26-4)15-20-9-6-12-27-20/h5-13,16-17H,14-15H2,1-4H3/b11-10+. The van der Waals surface area contributed by atoms with Crippen molar-refractivity contribution in [3.63, 3.8) is 0 Å². The fourth-order valence-electron chi connectivity index (χ4n) is 2.67. The van der Waals surface area contributed by atoms with E-state index in [2.05, 4.69) is 0 Å². The Morgan fingerprint density at radius 2 is 1.96 bits per heavy atom. The number of amides is 1. The SMILES string of the molecule is COC(=O)C(C)CN(Cc1ccco1)C(=O)/C=C/c1cccc(OC(C)C)c1. The van der Waals surface area contributed by atoms with Crippen molar-refractivity contribution in [2.45, 2.75) is 33.4 Å². The van der Waals surface area contributed by atoms with Crippen LogP contribution in [0.4, 0.5) is 0 Å². The van der Waals surface area contributed by atoms with Gasteiger partial charge in [-0.1, -0.05) is 19.1 Å². The van der Waals surface area contributed by atoms with Crippen LogP contribution in [0.5, 0.6) is 5.75 Å². The first-order valence-electron chi connectivity index (χ1n) is 9.23. The van der Waals surface area contributed by atoms with Gasteiger partial charge >= 0.3 is 5.97 Å². The van der Waals surface area contributed by atoms with Crippen LogP contribution in [-0.2, 0) is 20.9 Å². The smallest absolute Gasteiger partial charge is 0.310 e. The lowest BCUT2D eigenvalue weighted by molar-refractivity contribution is -0.146. The summed E-state index contributed by atoms with van der Waals surface area (Å²) >= 11 is 0. The Bertz CT molecular complexity index is 795. The largest absolute Gasteiger partial charge is 0.491 e. The molecule has 6 nitrogen and oxygen atoms in total. The van der Waals surface area contributed by atoms with Crippen LogP contribution >= 0.6 is 0 Å². The van der Waals surface area contributed by atoms with Gasteiger partial charge in [0.25, 0.3) is 0 Å². The van der Waals surface area contributed by atoms with E-state index in [0.29, 0.717) is 5.76 Å². The van der Waals surface area contributed by atoms with E-state index < -0.39 is 5.92 Å².